The molecule has 0 heterocycles. The van der Waals surface area contributed by atoms with Gasteiger partial charge in [-0.15, -0.1) is 0 Å². The minimum Gasteiger partial charge on any atom is -0.399 e. The Balaban J connectivity index is 2.27. The highest BCUT2D eigenvalue weighted by atomic mass is 16.1. The van der Waals surface area contributed by atoms with Crippen molar-refractivity contribution in [2.24, 2.45) is 5.92 Å². The fraction of sp³-hybridized carbons (Fsp3) is 0.462. The fourth-order valence-electron chi connectivity index (χ4n) is 1.90. The van der Waals surface area contributed by atoms with Gasteiger partial charge in [-0.3, -0.25) is 4.79 Å². The largest absolute Gasteiger partial charge is 0.399 e. The third-order valence-corrected chi connectivity index (χ3v) is 3.20. The molecule has 0 radical (unpaired) electrons. The Kier molecular flexibility index (Phi) is 2.29. The van der Waals surface area contributed by atoms with E-state index in [1.807, 2.05) is 38.1 Å². The van der Waals surface area contributed by atoms with Crippen molar-refractivity contribution < 1.29 is 4.79 Å². The molecular weight excluding hydrogens is 186 g/mol. The van der Waals surface area contributed by atoms with Crippen molar-refractivity contribution in [3.63, 3.8) is 0 Å². The average molecular weight is 203 g/mol. The van der Waals surface area contributed by atoms with E-state index in [1.165, 1.54) is 0 Å². The highest BCUT2D eigenvalue weighted by Crippen LogP contribution is 2.38. The van der Waals surface area contributed by atoms with Gasteiger partial charge in [0.2, 0.25) is 0 Å². The minimum atomic E-state index is -0.366. The number of carbonyl (C=O) groups is 1. The number of ketones is 1. The second kappa shape index (κ2) is 3.37. The van der Waals surface area contributed by atoms with Crippen molar-refractivity contribution in [2.75, 3.05) is 5.73 Å². The van der Waals surface area contributed by atoms with E-state index in [9.17, 15) is 4.79 Å². The molecule has 1 aliphatic carbocycles. The van der Waals surface area contributed by atoms with Gasteiger partial charge in [-0.05, 0) is 44.4 Å². The van der Waals surface area contributed by atoms with Crippen LogP contribution in [0.2, 0.25) is 0 Å². The van der Waals surface area contributed by atoms with E-state index < -0.39 is 0 Å². The summed E-state index contributed by atoms with van der Waals surface area (Å²) in [5.41, 5.74) is 7.07. The van der Waals surface area contributed by atoms with Gasteiger partial charge in [0.1, 0.15) is 5.78 Å². The zero-order valence-corrected chi connectivity index (χ0v) is 9.29. The van der Waals surface area contributed by atoms with E-state index >= 15 is 0 Å². The van der Waals surface area contributed by atoms with Crippen molar-refractivity contribution in [2.45, 2.75) is 32.1 Å². The van der Waals surface area contributed by atoms with Crippen LogP contribution < -0.4 is 5.73 Å². The van der Waals surface area contributed by atoms with E-state index in [1.54, 1.807) is 0 Å². The molecule has 0 amide bonds. The smallest absolute Gasteiger partial charge is 0.145 e. The maximum atomic E-state index is 12.1. The minimum absolute atomic E-state index is 0.303. The van der Waals surface area contributed by atoms with E-state index in [4.69, 9.17) is 5.73 Å². The molecule has 0 atom stereocenters. The van der Waals surface area contributed by atoms with Gasteiger partial charge in [-0.25, -0.2) is 0 Å². The van der Waals surface area contributed by atoms with Crippen molar-refractivity contribution in [3.8, 4) is 0 Å². The molecule has 2 nitrogen and oxygen atoms in total. The molecule has 1 saturated carbocycles. The molecule has 2 rings (SSSR count). The number of nitrogen functional groups attached to an aromatic ring is 1. The number of rotatable bonds is 3. The van der Waals surface area contributed by atoms with Crippen molar-refractivity contribution >= 4 is 11.5 Å². The van der Waals surface area contributed by atoms with Crippen LogP contribution in [0, 0.1) is 5.92 Å². The van der Waals surface area contributed by atoms with Crippen LogP contribution in [0.1, 0.15) is 32.3 Å². The first kappa shape index (κ1) is 10.2. The van der Waals surface area contributed by atoms with Gasteiger partial charge < -0.3 is 5.73 Å². The second-order valence-electron chi connectivity index (χ2n) is 4.89. The Morgan fingerprint density at radius 2 is 1.80 bits per heavy atom. The molecule has 0 bridgehead atoms. The molecule has 80 valence electrons. The number of anilines is 1. The summed E-state index contributed by atoms with van der Waals surface area (Å²) in [7, 11) is 0. The third kappa shape index (κ3) is 1.89. The monoisotopic (exact) mass is 203 g/mol. The number of Topliss-reactive ketones (excluding diaryl/α,β-unsaturated/α-hetero) is 1. The Bertz CT molecular complexity index is 374. The summed E-state index contributed by atoms with van der Waals surface area (Å²) in [6.45, 7) is 4.00. The van der Waals surface area contributed by atoms with Gasteiger partial charge in [0.05, 0.1) is 0 Å². The molecule has 1 aliphatic rings. The highest BCUT2D eigenvalue weighted by Gasteiger charge is 2.40. The Hall–Kier alpha value is -1.31. The first-order chi connectivity index (χ1) is 7.01. The summed E-state index contributed by atoms with van der Waals surface area (Å²) >= 11 is 0. The number of hydrogen-bond acceptors (Lipinski definition) is 2. The van der Waals surface area contributed by atoms with Crippen molar-refractivity contribution in [3.05, 3.63) is 29.8 Å². The summed E-state index contributed by atoms with van der Waals surface area (Å²) in [6, 6.07) is 7.62. The molecule has 1 fully saturated rings. The average Bonchev–Trinajstić information content (AvgIpc) is 3.00. The molecule has 1 aromatic rings. The molecule has 2 heteroatoms. The van der Waals surface area contributed by atoms with Gasteiger partial charge in [-0.2, -0.15) is 0 Å². The van der Waals surface area contributed by atoms with E-state index in [0.29, 0.717) is 11.7 Å². The van der Waals surface area contributed by atoms with E-state index in [-0.39, 0.29) is 5.41 Å². The van der Waals surface area contributed by atoms with Gasteiger partial charge in [0.15, 0.2) is 0 Å². The molecule has 2 N–H and O–H groups in total. The zero-order valence-electron chi connectivity index (χ0n) is 9.29. The van der Waals surface area contributed by atoms with Crippen molar-refractivity contribution in [1.82, 2.24) is 0 Å². The topological polar surface area (TPSA) is 43.1 Å². The Morgan fingerprint density at radius 3 is 2.27 bits per heavy atom. The number of nitrogens with two attached hydrogens (primary N) is 1. The predicted molar refractivity (Wildman–Crippen MR) is 61.6 cm³/mol. The SMILES string of the molecule is CC(C)(C(=O)C1CC1)c1ccc(N)cc1. The Labute approximate surface area is 90.5 Å². The van der Waals surface area contributed by atoms with Gasteiger partial charge in [0, 0.05) is 17.0 Å². The van der Waals surface area contributed by atoms with Crippen LogP contribution in [0.25, 0.3) is 0 Å². The summed E-state index contributed by atoms with van der Waals surface area (Å²) in [6.07, 6.45) is 2.13. The van der Waals surface area contributed by atoms with Gasteiger partial charge >= 0.3 is 0 Å². The molecular formula is C13H17NO. The van der Waals surface area contributed by atoms with Crippen LogP contribution in [0.3, 0.4) is 0 Å². The van der Waals surface area contributed by atoms with Gasteiger partial charge in [-0.1, -0.05) is 12.1 Å². The molecule has 15 heavy (non-hydrogen) atoms. The quantitative estimate of drug-likeness (QED) is 0.767. The van der Waals surface area contributed by atoms with E-state index in [0.717, 1.165) is 24.1 Å². The summed E-state index contributed by atoms with van der Waals surface area (Å²) < 4.78 is 0. The lowest BCUT2D eigenvalue weighted by atomic mass is 9.79. The van der Waals surface area contributed by atoms with Crippen LogP contribution in [-0.2, 0) is 10.2 Å². The fourth-order valence-corrected chi connectivity index (χ4v) is 1.90. The summed E-state index contributed by atoms with van der Waals surface area (Å²) in [5.74, 6) is 0.671. The maximum Gasteiger partial charge on any atom is 0.145 e. The summed E-state index contributed by atoms with van der Waals surface area (Å²) in [4.78, 5) is 12.1. The molecule has 0 aliphatic heterocycles. The Morgan fingerprint density at radius 1 is 1.27 bits per heavy atom. The zero-order chi connectivity index (χ0) is 11.1. The molecule has 0 saturated heterocycles. The number of hydrogen-bond donors (Lipinski definition) is 1. The third-order valence-electron chi connectivity index (χ3n) is 3.20. The van der Waals surface area contributed by atoms with Crippen LogP contribution in [0.4, 0.5) is 5.69 Å². The summed E-state index contributed by atoms with van der Waals surface area (Å²) in [5, 5.41) is 0. The molecule has 0 aromatic heterocycles. The molecule has 1 aromatic carbocycles. The van der Waals surface area contributed by atoms with E-state index in [2.05, 4.69) is 0 Å². The predicted octanol–water partition coefficient (Wildman–Crippen LogP) is 2.53. The lowest BCUT2D eigenvalue weighted by molar-refractivity contribution is -0.124. The van der Waals surface area contributed by atoms with Crippen LogP contribution in [-0.4, -0.2) is 5.78 Å². The van der Waals surface area contributed by atoms with Crippen LogP contribution in [0.5, 0.6) is 0 Å². The highest BCUT2D eigenvalue weighted by molar-refractivity contribution is 5.92. The first-order valence-electron chi connectivity index (χ1n) is 5.42. The maximum absolute atomic E-state index is 12.1. The van der Waals surface area contributed by atoms with Crippen LogP contribution >= 0.6 is 0 Å². The lowest BCUT2D eigenvalue weighted by Crippen LogP contribution is -2.30. The lowest BCUT2D eigenvalue weighted by Gasteiger charge is -2.23. The normalized spacial score (nSPS) is 16.4. The molecule has 0 spiro atoms. The molecule has 0 unspecified atom stereocenters. The standard InChI is InChI=1S/C13H17NO/c1-13(2,12(15)9-3-4-9)10-5-7-11(14)8-6-10/h5-9H,3-4,14H2,1-2H3. The number of benzene rings is 1. The number of carbonyl (C=O) groups excluding carboxylic acids is 1. The second-order valence-corrected chi connectivity index (χ2v) is 4.89. The first-order valence-corrected chi connectivity index (χ1v) is 5.42. The van der Waals surface area contributed by atoms with Crippen LogP contribution in [0.15, 0.2) is 24.3 Å². The van der Waals surface area contributed by atoms with Gasteiger partial charge in [0.25, 0.3) is 0 Å². The van der Waals surface area contributed by atoms with Crippen molar-refractivity contribution in [1.29, 1.82) is 0 Å².